The standard InChI is InChI=1S/C14H20O2/c1-12(13-7-3-2-4-8-13)11-16-14-9-5-6-10-15-14/h2-4,7-8,12,14H,5-6,9-11H2,1H3. The van der Waals surface area contributed by atoms with Gasteiger partial charge in [0, 0.05) is 12.5 Å². The van der Waals surface area contributed by atoms with Gasteiger partial charge in [-0.15, -0.1) is 0 Å². The summed E-state index contributed by atoms with van der Waals surface area (Å²) in [6, 6.07) is 10.5. The Labute approximate surface area is 97.6 Å². The second kappa shape index (κ2) is 6.02. The van der Waals surface area contributed by atoms with Crippen LogP contribution in [-0.4, -0.2) is 19.5 Å². The van der Waals surface area contributed by atoms with Crippen molar-refractivity contribution < 1.29 is 9.47 Å². The van der Waals surface area contributed by atoms with Crippen LogP contribution in [0.4, 0.5) is 0 Å². The average Bonchev–Trinajstić information content (AvgIpc) is 2.38. The zero-order valence-electron chi connectivity index (χ0n) is 9.89. The molecular formula is C14H20O2. The highest BCUT2D eigenvalue weighted by Gasteiger charge is 2.15. The molecule has 1 aromatic carbocycles. The summed E-state index contributed by atoms with van der Waals surface area (Å²) in [5.41, 5.74) is 1.33. The molecule has 1 fully saturated rings. The second-order valence-electron chi connectivity index (χ2n) is 4.44. The van der Waals surface area contributed by atoms with Gasteiger partial charge in [-0.25, -0.2) is 0 Å². The molecule has 1 heterocycles. The maximum absolute atomic E-state index is 5.78. The number of rotatable bonds is 4. The lowest BCUT2D eigenvalue weighted by atomic mass is 10.0. The van der Waals surface area contributed by atoms with Crippen molar-refractivity contribution in [1.82, 2.24) is 0 Å². The molecule has 88 valence electrons. The molecule has 2 atom stereocenters. The molecule has 2 nitrogen and oxygen atoms in total. The Morgan fingerprint density at radius 3 is 2.81 bits per heavy atom. The molecule has 2 heteroatoms. The lowest BCUT2D eigenvalue weighted by Gasteiger charge is -2.24. The largest absolute Gasteiger partial charge is 0.353 e. The highest BCUT2D eigenvalue weighted by molar-refractivity contribution is 5.18. The van der Waals surface area contributed by atoms with Gasteiger partial charge in [0.15, 0.2) is 6.29 Å². The van der Waals surface area contributed by atoms with Gasteiger partial charge in [-0.2, -0.15) is 0 Å². The number of ether oxygens (including phenoxy) is 2. The van der Waals surface area contributed by atoms with Crippen LogP contribution in [0.15, 0.2) is 30.3 Å². The maximum atomic E-state index is 5.78. The van der Waals surface area contributed by atoms with Gasteiger partial charge >= 0.3 is 0 Å². The molecule has 0 N–H and O–H groups in total. The van der Waals surface area contributed by atoms with E-state index < -0.39 is 0 Å². The molecule has 0 aliphatic carbocycles. The highest BCUT2D eigenvalue weighted by atomic mass is 16.7. The zero-order valence-corrected chi connectivity index (χ0v) is 9.89. The van der Waals surface area contributed by atoms with Crippen LogP contribution in [0.3, 0.4) is 0 Å². The van der Waals surface area contributed by atoms with E-state index in [4.69, 9.17) is 9.47 Å². The van der Waals surface area contributed by atoms with E-state index in [2.05, 4.69) is 31.2 Å². The number of hydrogen-bond donors (Lipinski definition) is 0. The van der Waals surface area contributed by atoms with Gasteiger partial charge in [0.1, 0.15) is 0 Å². The van der Waals surface area contributed by atoms with Crippen molar-refractivity contribution in [3.05, 3.63) is 35.9 Å². The lowest BCUT2D eigenvalue weighted by Crippen LogP contribution is -2.24. The summed E-state index contributed by atoms with van der Waals surface area (Å²) in [6.07, 6.45) is 3.47. The fraction of sp³-hybridized carbons (Fsp3) is 0.571. The molecule has 2 rings (SSSR count). The Balaban J connectivity index is 1.77. The third-order valence-corrected chi connectivity index (χ3v) is 3.04. The van der Waals surface area contributed by atoms with Gasteiger partial charge in [0.25, 0.3) is 0 Å². The third-order valence-electron chi connectivity index (χ3n) is 3.04. The summed E-state index contributed by atoms with van der Waals surface area (Å²) < 4.78 is 11.3. The molecule has 1 aromatic rings. The molecular weight excluding hydrogens is 200 g/mol. The first kappa shape index (κ1) is 11.6. The van der Waals surface area contributed by atoms with Crippen molar-refractivity contribution in [3.8, 4) is 0 Å². The molecule has 1 aliphatic rings. The molecule has 16 heavy (non-hydrogen) atoms. The van der Waals surface area contributed by atoms with Gasteiger partial charge < -0.3 is 9.47 Å². The van der Waals surface area contributed by atoms with Crippen LogP contribution in [0.5, 0.6) is 0 Å². The van der Waals surface area contributed by atoms with Crippen LogP contribution in [0.2, 0.25) is 0 Å². The fourth-order valence-corrected chi connectivity index (χ4v) is 1.97. The quantitative estimate of drug-likeness (QED) is 0.775. The fourth-order valence-electron chi connectivity index (χ4n) is 1.97. The van der Waals surface area contributed by atoms with Crippen LogP contribution in [0, 0.1) is 0 Å². The Kier molecular flexibility index (Phi) is 4.37. The molecule has 0 amide bonds. The predicted octanol–water partition coefficient (Wildman–Crippen LogP) is 3.33. The Morgan fingerprint density at radius 1 is 1.31 bits per heavy atom. The molecule has 0 bridgehead atoms. The summed E-state index contributed by atoms with van der Waals surface area (Å²) in [7, 11) is 0. The van der Waals surface area contributed by atoms with Gasteiger partial charge in [-0.3, -0.25) is 0 Å². The van der Waals surface area contributed by atoms with Crippen LogP contribution in [-0.2, 0) is 9.47 Å². The third kappa shape index (κ3) is 3.32. The SMILES string of the molecule is CC(COC1CCCCO1)c1ccccc1. The summed E-state index contributed by atoms with van der Waals surface area (Å²) in [5, 5.41) is 0. The first-order valence-electron chi connectivity index (χ1n) is 6.14. The minimum absolute atomic E-state index is 0.0277. The van der Waals surface area contributed by atoms with Crippen molar-refractivity contribution in [2.45, 2.75) is 38.4 Å². The summed E-state index contributed by atoms with van der Waals surface area (Å²) in [5.74, 6) is 0.437. The number of hydrogen-bond acceptors (Lipinski definition) is 2. The van der Waals surface area contributed by atoms with Crippen molar-refractivity contribution in [3.63, 3.8) is 0 Å². The summed E-state index contributed by atoms with van der Waals surface area (Å²) >= 11 is 0. The monoisotopic (exact) mass is 220 g/mol. The van der Waals surface area contributed by atoms with Gasteiger partial charge in [0.2, 0.25) is 0 Å². The smallest absolute Gasteiger partial charge is 0.157 e. The molecule has 2 unspecified atom stereocenters. The molecule has 0 saturated carbocycles. The molecule has 0 spiro atoms. The number of benzene rings is 1. The van der Waals surface area contributed by atoms with Crippen molar-refractivity contribution in [2.75, 3.05) is 13.2 Å². The van der Waals surface area contributed by atoms with Crippen molar-refractivity contribution in [1.29, 1.82) is 0 Å². The predicted molar refractivity (Wildman–Crippen MR) is 64.4 cm³/mol. The van der Waals surface area contributed by atoms with Gasteiger partial charge in [-0.05, 0) is 24.8 Å². The minimum atomic E-state index is 0.0277. The van der Waals surface area contributed by atoms with E-state index >= 15 is 0 Å². The van der Waals surface area contributed by atoms with E-state index in [1.165, 1.54) is 18.4 Å². The van der Waals surface area contributed by atoms with E-state index in [0.717, 1.165) is 19.6 Å². The Morgan fingerprint density at radius 2 is 2.12 bits per heavy atom. The van der Waals surface area contributed by atoms with Crippen LogP contribution >= 0.6 is 0 Å². The van der Waals surface area contributed by atoms with E-state index in [9.17, 15) is 0 Å². The van der Waals surface area contributed by atoms with E-state index in [1.54, 1.807) is 0 Å². The average molecular weight is 220 g/mol. The molecule has 1 aliphatic heterocycles. The highest BCUT2D eigenvalue weighted by Crippen LogP contribution is 2.19. The van der Waals surface area contributed by atoms with Crippen LogP contribution in [0.25, 0.3) is 0 Å². The van der Waals surface area contributed by atoms with Gasteiger partial charge in [0.05, 0.1) is 6.61 Å². The zero-order chi connectivity index (χ0) is 11.2. The first-order chi connectivity index (χ1) is 7.86. The maximum Gasteiger partial charge on any atom is 0.157 e. The van der Waals surface area contributed by atoms with E-state index in [-0.39, 0.29) is 6.29 Å². The van der Waals surface area contributed by atoms with Crippen LogP contribution in [0.1, 0.15) is 37.7 Å². The van der Waals surface area contributed by atoms with Crippen LogP contribution < -0.4 is 0 Å². The Bertz CT molecular complexity index is 291. The first-order valence-corrected chi connectivity index (χ1v) is 6.14. The molecule has 0 radical (unpaired) electrons. The topological polar surface area (TPSA) is 18.5 Å². The Hall–Kier alpha value is -0.860. The van der Waals surface area contributed by atoms with E-state index in [1.807, 2.05) is 6.07 Å². The molecule has 1 saturated heterocycles. The molecule has 0 aromatic heterocycles. The van der Waals surface area contributed by atoms with Gasteiger partial charge in [-0.1, -0.05) is 37.3 Å². The summed E-state index contributed by atoms with van der Waals surface area (Å²) in [4.78, 5) is 0. The second-order valence-corrected chi connectivity index (χ2v) is 4.44. The normalized spacial score (nSPS) is 22.9. The minimum Gasteiger partial charge on any atom is -0.353 e. The van der Waals surface area contributed by atoms with E-state index in [0.29, 0.717) is 5.92 Å². The van der Waals surface area contributed by atoms with Crippen molar-refractivity contribution >= 4 is 0 Å². The van der Waals surface area contributed by atoms with Crippen molar-refractivity contribution in [2.24, 2.45) is 0 Å². The summed E-state index contributed by atoms with van der Waals surface area (Å²) in [6.45, 7) is 3.79. The lowest BCUT2D eigenvalue weighted by molar-refractivity contribution is -0.164.